The summed E-state index contributed by atoms with van der Waals surface area (Å²) in [6, 6.07) is 14.2. The van der Waals surface area contributed by atoms with Gasteiger partial charge in [-0.05, 0) is 92.7 Å². The molecule has 0 saturated carbocycles. The summed E-state index contributed by atoms with van der Waals surface area (Å²) in [6.07, 6.45) is 1.85. The van der Waals surface area contributed by atoms with Gasteiger partial charge in [0, 0.05) is 23.6 Å². The topological polar surface area (TPSA) is 37.6 Å². The molecule has 1 fully saturated rings. The van der Waals surface area contributed by atoms with Crippen molar-refractivity contribution in [3.05, 3.63) is 88.1 Å². The summed E-state index contributed by atoms with van der Waals surface area (Å²) in [5.74, 6) is -0.753. The van der Waals surface area contributed by atoms with Gasteiger partial charge in [0.15, 0.2) is 5.17 Å². The second kappa shape index (κ2) is 8.51. The van der Waals surface area contributed by atoms with Gasteiger partial charge in [0.25, 0.3) is 5.91 Å². The highest BCUT2D eigenvalue weighted by atomic mass is 32.2. The molecule has 1 amide bonds. The van der Waals surface area contributed by atoms with E-state index in [0.29, 0.717) is 22.3 Å². The highest BCUT2D eigenvalue weighted by molar-refractivity contribution is 8.18. The van der Waals surface area contributed by atoms with E-state index in [1.165, 1.54) is 36.0 Å². The fourth-order valence-electron chi connectivity index (χ4n) is 3.58. The summed E-state index contributed by atoms with van der Waals surface area (Å²) in [4.78, 5) is 19.6. The van der Waals surface area contributed by atoms with Crippen molar-refractivity contribution >= 4 is 34.6 Å². The van der Waals surface area contributed by atoms with E-state index in [1.807, 2.05) is 43.5 Å². The maximum atomic E-state index is 13.7. The van der Waals surface area contributed by atoms with Crippen LogP contribution in [0.1, 0.15) is 23.9 Å². The van der Waals surface area contributed by atoms with Gasteiger partial charge in [-0.2, -0.15) is 0 Å². The number of amides is 1. The molecule has 2 heterocycles. The molecular weight excluding hydrogens is 416 g/mol. The van der Waals surface area contributed by atoms with Crippen LogP contribution < -0.4 is 0 Å². The predicted molar refractivity (Wildman–Crippen MR) is 122 cm³/mol. The number of benzene rings is 2. The molecule has 7 heteroatoms. The molecule has 4 rings (SSSR count). The standard InChI is InChI=1S/C24H21F2N3OS/c1-4-28-23(30)22(31-24(28)27-20-10-8-18(25)9-11-20)13-17-12-15(2)29(16(17)3)21-7-5-6-19(26)14-21/h5-14H,4H2,1-3H3/b22-13+,27-24?. The van der Waals surface area contributed by atoms with Crippen LogP contribution in [0.3, 0.4) is 0 Å². The molecule has 158 valence electrons. The summed E-state index contributed by atoms with van der Waals surface area (Å²) < 4.78 is 28.9. The van der Waals surface area contributed by atoms with Gasteiger partial charge in [-0.3, -0.25) is 9.69 Å². The minimum Gasteiger partial charge on any atom is -0.318 e. The number of amidine groups is 1. The first-order valence-corrected chi connectivity index (χ1v) is 10.7. The molecule has 0 N–H and O–H groups in total. The van der Waals surface area contributed by atoms with E-state index in [0.717, 1.165) is 22.6 Å². The van der Waals surface area contributed by atoms with Crippen molar-refractivity contribution in [1.29, 1.82) is 0 Å². The highest BCUT2D eigenvalue weighted by Gasteiger charge is 2.32. The Morgan fingerprint density at radius 2 is 1.77 bits per heavy atom. The SMILES string of the molecule is CCN1C(=O)/C(=C\c2cc(C)n(-c3cccc(F)c3)c2C)SC1=Nc1ccc(F)cc1. The zero-order valence-electron chi connectivity index (χ0n) is 17.4. The number of hydrogen-bond acceptors (Lipinski definition) is 3. The van der Waals surface area contributed by atoms with Crippen molar-refractivity contribution in [3.63, 3.8) is 0 Å². The van der Waals surface area contributed by atoms with E-state index >= 15 is 0 Å². The lowest BCUT2D eigenvalue weighted by Crippen LogP contribution is -2.28. The maximum absolute atomic E-state index is 13.7. The fourth-order valence-corrected chi connectivity index (χ4v) is 4.64. The lowest BCUT2D eigenvalue weighted by Gasteiger charge is -2.11. The van der Waals surface area contributed by atoms with Gasteiger partial charge in [0.2, 0.25) is 0 Å². The molecule has 0 radical (unpaired) electrons. The number of likely N-dealkylation sites (N-methyl/N-ethyl adjacent to an activating group) is 1. The van der Waals surface area contributed by atoms with Gasteiger partial charge < -0.3 is 4.57 Å². The van der Waals surface area contributed by atoms with E-state index in [-0.39, 0.29) is 17.5 Å². The Morgan fingerprint density at radius 1 is 1.03 bits per heavy atom. The summed E-state index contributed by atoms with van der Waals surface area (Å²) in [7, 11) is 0. The van der Waals surface area contributed by atoms with Gasteiger partial charge in [-0.1, -0.05) is 6.07 Å². The van der Waals surface area contributed by atoms with Crippen LogP contribution in [0.4, 0.5) is 14.5 Å². The Bertz CT molecular complexity index is 1210. The van der Waals surface area contributed by atoms with E-state index in [1.54, 1.807) is 23.1 Å². The van der Waals surface area contributed by atoms with Crippen LogP contribution in [0.5, 0.6) is 0 Å². The monoisotopic (exact) mass is 437 g/mol. The quantitative estimate of drug-likeness (QED) is 0.470. The zero-order chi connectivity index (χ0) is 22.1. The first-order chi connectivity index (χ1) is 14.9. The third-order valence-corrected chi connectivity index (χ3v) is 6.09. The number of rotatable bonds is 4. The summed E-state index contributed by atoms with van der Waals surface area (Å²) in [5.41, 5.74) is 4.06. The van der Waals surface area contributed by atoms with Gasteiger partial charge in [0.1, 0.15) is 11.6 Å². The van der Waals surface area contributed by atoms with Crippen LogP contribution in [0.25, 0.3) is 11.8 Å². The van der Waals surface area contributed by atoms with E-state index in [9.17, 15) is 13.6 Å². The number of thioether (sulfide) groups is 1. The second-order valence-corrected chi connectivity index (χ2v) is 8.18. The van der Waals surface area contributed by atoms with Crippen molar-refractivity contribution < 1.29 is 13.6 Å². The van der Waals surface area contributed by atoms with E-state index in [2.05, 4.69) is 4.99 Å². The molecule has 0 atom stereocenters. The molecule has 2 aromatic carbocycles. The van der Waals surface area contributed by atoms with Crippen LogP contribution in [0.2, 0.25) is 0 Å². The molecule has 1 saturated heterocycles. The van der Waals surface area contributed by atoms with Crippen molar-refractivity contribution in [2.75, 3.05) is 6.54 Å². The Labute approximate surface area is 183 Å². The second-order valence-electron chi connectivity index (χ2n) is 7.17. The van der Waals surface area contributed by atoms with Crippen molar-refractivity contribution in [3.8, 4) is 5.69 Å². The third kappa shape index (κ3) is 4.18. The van der Waals surface area contributed by atoms with Gasteiger partial charge in [0.05, 0.1) is 10.6 Å². The summed E-state index contributed by atoms with van der Waals surface area (Å²) in [6.45, 7) is 6.26. The Hall–Kier alpha value is -3.19. The number of carbonyl (C=O) groups excluding carboxylic acids is 1. The minimum absolute atomic E-state index is 0.121. The average molecular weight is 438 g/mol. The van der Waals surface area contributed by atoms with Crippen LogP contribution in [0, 0.1) is 25.5 Å². The van der Waals surface area contributed by atoms with Crippen LogP contribution in [-0.2, 0) is 4.79 Å². The lowest BCUT2D eigenvalue weighted by atomic mass is 10.2. The number of aromatic nitrogens is 1. The number of aliphatic imine (C=N–C) groups is 1. The van der Waals surface area contributed by atoms with Gasteiger partial charge >= 0.3 is 0 Å². The largest absolute Gasteiger partial charge is 0.318 e. The predicted octanol–water partition coefficient (Wildman–Crippen LogP) is 6.00. The van der Waals surface area contributed by atoms with Gasteiger partial charge in [-0.15, -0.1) is 0 Å². The summed E-state index contributed by atoms with van der Waals surface area (Å²) in [5, 5.41) is 0.560. The van der Waals surface area contributed by atoms with Crippen LogP contribution in [-0.4, -0.2) is 27.1 Å². The molecular formula is C24H21F2N3OS. The molecule has 1 aliphatic heterocycles. The molecule has 4 nitrogen and oxygen atoms in total. The number of nitrogens with zero attached hydrogens (tertiary/aromatic N) is 3. The molecule has 0 unspecified atom stereocenters. The van der Waals surface area contributed by atoms with Crippen molar-refractivity contribution in [1.82, 2.24) is 9.47 Å². The average Bonchev–Trinajstić information content (AvgIpc) is 3.18. The first kappa shape index (κ1) is 21.1. The van der Waals surface area contributed by atoms with Crippen LogP contribution in [0.15, 0.2) is 64.5 Å². The number of carbonyl (C=O) groups is 1. The van der Waals surface area contributed by atoms with E-state index < -0.39 is 0 Å². The molecule has 0 spiro atoms. The Kier molecular flexibility index (Phi) is 5.78. The Morgan fingerprint density at radius 3 is 2.45 bits per heavy atom. The molecule has 31 heavy (non-hydrogen) atoms. The lowest BCUT2D eigenvalue weighted by molar-refractivity contribution is -0.122. The molecule has 1 aliphatic rings. The number of aryl methyl sites for hydroxylation is 1. The molecule has 0 aliphatic carbocycles. The first-order valence-electron chi connectivity index (χ1n) is 9.88. The normalized spacial score (nSPS) is 16.7. The van der Waals surface area contributed by atoms with Crippen molar-refractivity contribution in [2.24, 2.45) is 4.99 Å². The number of halogens is 2. The number of hydrogen-bond donors (Lipinski definition) is 0. The van der Waals surface area contributed by atoms with Crippen molar-refractivity contribution in [2.45, 2.75) is 20.8 Å². The smallest absolute Gasteiger partial charge is 0.266 e. The minimum atomic E-state index is -0.333. The van der Waals surface area contributed by atoms with Crippen LogP contribution >= 0.6 is 11.8 Å². The maximum Gasteiger partial charge on any atom is 0.266 e. The van der Waals surface area contributed by atoms with Gasteiger partial charge in [-0.25, -0.2) is 13.8 Å². The zero-order valence-corrected chi connectivity index (χ0v) is 18.2. The fraction of sp³-hybridized carbons (Fsp3) is 0.167. The van der Waals surface area contributed by atoms with E-state index in [4.69, 9.17) is 0 Å². The molecule has 1 aromatic heterocycles. The highest BCUT2D eigenvalue weighted by Crippen LogP contribution is 2.35. The molecule has 3 aromatic rings. The summed E-state index contributed by atoms with van der Waals surface area (Å²) >= 11 is 1.29. The third-order valence-electron chi connectivity index (χ3n) is 5.08. The molecule has 0 bridgehead atoms. The Balaban J connectivity index is 1.70.